The molecule has 4 rings (SSSR count). The summed E-state index contributed by atoms with van der Waals surface area (Å²) in [5, 5.41) is 3.78. The van der Waals surface area contributed by atoms with Crippen LogP contribution in [-0.2, 0) is 39.1 Å². The third-order valence-corrected chi connectivity index (χ3v) is 9.07. The zero-order valence-corrected chi connectivity index (χ0v) is 26.3. The van der Waals surface area contributed by atoms with E-state index in [9.17, 15) is 22.4 Å². The number of nitrogens with one attached hydrogen (secondary N) is 2. The van der Waals surface area contributed by atoms with Crippen molar-refractivity contribution in [3.8, 4) is 0 Å². The number of carbonyl (C=O) groups excluding carboxylic acids is 2. The summed E-state index contributed by atoms with van der Waals surface area (Å²) in [6, 6.07) is 25.0. The molecule has 0 spiro atoms. The lowest BCUT2D eigenvalue weighted by molar-refractivity contribution is -0.141. The van der Waals surface area contributed by atoms with Gasteiger partial charge in [-0.1, -0.05) is 90.8 Å². The van der Waals surface area contributed by atoms with Crippen LogP contribution in [0.3, 0.4) is 0 Å². The maximum atomic E-state index is 13.9. The Kier molecular flexibility index (Phi) is 11.5. The molecule has 0 aliphatic heterocycles. The fourth-order valence-electron chi connectivity index (χ4n) is 4.67. The quantitative estimate of drug-likeness (QED) is 0.173. The van der Waals surface area contributed by atoms with Gasteiger partial charge in [-0.25, -0.2) is 17.5 Å². The minimum Gasteiger partial charge on any atom is -0.350 e. The predicted octanol–water partition coefficient (Wildman–Crippen LogP) is 6.45. The molecule has 4 aromatic rings. The van der Waals surface area contributed by atoms with Gasteiger partial charge < -0.3 is 10.2 Å². The summed E-state index contributed by atoms with van der Waals surface area (Å²) in [7, 11) is -3.60. The summed E-state index contributed by atoms with van der Waals surface area (Å²) >= 11 is 12.3. The molecule has 0 radical (unpaired) electrons. The van der Waals surface area contributed by atoms with Crippen LogP contribution in [0, 0.1) is 5.82 Å². The molecule has 0 aromatic heterocycles. The average Bonchev–Trinajstić information content (AvgIpc) is 3.01. The number of hydrogen-bond donors (Lipinski definition) is 2. The first-order valence-electron chi connectivity index (χ1n) is 14.0. The second-order valence-corrected chi connectivity index (χ2v) is 12.7. The van der Waals surface area contributed by atoms with E-state index in [1.165, 1.54) is 29.2 Å². The van der Waals surface area contributed by atoms with E-state index in [4.69, 9.17) is 23.2 Å². The third kappa shape index (κ3) is 8.89. The van der Waals surface area contributed by atoms with Crippen molar-refractivity contribution in [2.75, 3.05) is 6.54 Å². The van der Waals surface area contributed by atoms with Crippen LogP contribution in [0.25, 0.3) is 0 Å². The van der Waals surface area contributed by atoms with E-state index >= 15 is 0 Å². The molecule has 0 unspecified atom stereocenters. The van der Waals surface area contributed by atoms with E-state index in [1.807, 2.05) is 6.07 Å². The van der Waals surface area contributed by atoms with Crippen LogP contribution in [0.1, 0.15) is 41.6 Å². The fraction of sp³-hybridized carbons (Fsp3) is 0.212. The van der Waals surface area contributed by atoms with Crippen molar-refractivity contribution < 1.29 is 22.4 Å². The van der Waals surface area contributed by atoms with Crippen LogP contribution in [0.2, 0.25) is 10.0 Å². The van der Waals surface area contributed by atoms with E-state index in [2.05, 4.69) is 10.0 Å². The summed E-state index contributed by atoms with van der Waals surface area (Å²) in [5.74, 6) is -1.15. The molecule has 0 aliphatic carbocycles. The number of rotatable bonds is 13. The minimum atomic E-state index is -3.60. The van der Waals surface area contributed by atoms with Gasteiger partial charge in [0.25, 0.3) is 0 Å². The Bertz CT molecular complexity index is 1690. The van der Waals surface area contributed by atoms with Crippen LogP contribution < -0.4 is 10.0 Å². The molecule has 0 fully saturated rings. The lowest BCUT2D eigenvalue weighted by Gasteiger charge is -2.32. The molecule has 44 heavy (non-hydrogen) atoms. The SMILES string of the molecule is CCNS(=O)(=O)c1ccc(CCC(=O)N(Cc2ccc(F)cc2)[C@H](C(=O)NCc2ccc(Cl)cc2Cl)c2ccccc2)cc1. The van der Waals surface area contributed by atoms with Gasteiger partial charge in [-0.15, -0.1) is 0 Å². The molecule has 7 nitrogen and oxygen atoms in total. The molecule has 2 N–H and O–H groups in total. The van der Waals surface area contributed by atoms with Gasteiger partial charge in [0.15, 0.2) is 0 Å². The highest BCUT2D eigenvalue weighted by Gasteiger charge is 2.31. The Morgan fingerprint density at radius 2 is 1.55 bits per heavy atom. The highest BCUT2D eigenvalue weighted by Crippen LogP contribution is 2.27. The van der Waals surface area contributed by atoms with Crippen molar-refractivity contribution in [2.45, 2.75) is 43.8 Å². The molecule has 11 heteroatoms. The molecule has 2 amide bonds. The van der Waals surface area contributed by atoms with Gasteiger partial charge >= 0.3 is 0 Å². The lowest BCUT2D eigenvalue weighted by Crippen LogP contribution is -2.43. The molecule has 0 saturated carbocycles. The van der Waals surface area contributed by atoms with Gasteiger partial charge in [0.05, 0.1) is 4.90 Å². The highest BCUT2D eigenvalue weighted by molar-refractivity contribution is 7.89. The Balaban J connectivity index is 1.61. The number of halogens is 3. The summed E-state index contributed by atoms with van der Waals surface area (Å²) in [5.41, 5.74) is 2.66. The van der Waals surface area contributed by atoms with Crippen LogP contribution >= 0.6 is 23.2 Å². The second-order valence-electron chi connectivity index (χ2n) is 10.1. The van der Waals surface area contributed by atoms with Gasteiger partial charge in [0.2, 0.25) is 21.8 Å². The lowest BCUT2D eigenvalue weighted by atomic mass is 10.0. The summed E-state index contributed by atoms with van der Waals surface area (Å²) < 4.78 is 40.7. The van der Waals surface area contributed by atoms with Gasteiger partial charge in [-0.2, -0.15) is 0 Å². The summed E-state index contributed by atoms with van der Waals surface area (Å²) in [6.07, 6.45) is 0.351. The van der Waals surface area contributed by atoms with Crippen molar-refractivity contribution in [3.63, 3.8) is 0 Å². The van der Waals surface area contributed by atoms with Crippen LogP contribution in [-0.4, -0.2) is 31.7 Å². The van der Waals surface area contributed by atoms with Crippen molar-refractivity contribution in [3.05, 3.63) is 135 Å². The monoisotopic (exact) mass is 655 g/mol. The molecule has 230 valence electrons. The third-order valence-electron chi connectivity index (χ3n) is 6.93. The number of benzene rings is 4. The van der Waals surface area contributed by atoms with E-state index < -0.39 is 27.8 Å². The first-order chi connectivity index (χ1) is 21.1. The number of aryl methyl sites for hydroxylation is 1. The van der Waals surface area contributed by atoms with Crippen molar-refractivity contribution in [1.29, 1.82) is 0 Å². The number of amides is 2. The average molecular weight is 657 g/mol. The van der Waals surface area contributed by atoms with E-state index in [1.54, 1.807) is 73.7 Å². The number of sulfonamides is 1. The highest BCUT2D eigenvalue weighted by atomic mass is 35.5. The van der Waals surface area contributed by atoms with Crippen molar-refractivity contribution in [1.82, 2.24) is 14.9 Å². The molecular weight excluding hydrogens is 624 g/mol. The first kappa shape index (κ1) is 33.1. The molecule has 1 atom stereocenters. The first-order valence-corrected chi connectivity index (χ1v) is 16.2. The molecule has 0 aliphatic rings. The van der Waals surface area contributed by atoms with E-state index in [-0.39, 0.29) is 36.9 Å². The zero-order valence-electron chi connectivity index (χ0n) is 24.0. The van der Waals surface area contributed by atoms with E-state index in [0.717, 1.165) is 5.56 Å². The second kappa shape index (κ2) is 15.3. The van der Waals surface area contributed by atoms with Gasteiger partial charge in [-0.3, -0.25) is 9.59 Å². The largest absolute Gasteiger partial charge is 0.350 e. The Morgan fingerprint density at radius 1 is 0.886 bits per heavy atom. The predicted molar refractivity (Wildman–Crippen MR) is 170 cm³/mol. The topological polar surface area (TPSA) is 95.6 Å². The number of hydrogen-bond acceptors (Lipinski definition) is 4. The molecular formula is C33H32Cl2FN3O4S. The van der Waals surface area contributed by atoms with Crippen LogP contribution in [0.5, 0.6) is 0 Å². The summed E-state index contributed by atoms with van der Waals surface area (Å²) in [4.78, 5) is 29.4. The standard InChI is InChI=1S/C33H32Cl2FN3O4S/c1-2-38-44(42,43)29-17-10-23(11-18-29)12-19-31(40)39(22-24-8-15-28(36)16-9-24)32(25-6-4-3-5-7-25)33(41)37-21-26-13-14-27(34)20-30(26)35/h3-11,13-18,20,32,38H,2,12,19,21-22H2,1H3,(H,37,41)/t32-/m0/s1. The van der Waals surface area contributed by atoms with Crippen LogP contribution in [0.4, 0.5) is 4.39 Å². The van der Waals surface area contributed by atoms with Crippen LogP contribution in [0.15, 0.2) is 102 Å². The molecule has 4 aromatic carbocycles. The Morgan fingerprint density at radius 3 is 2.18 bits per heavy atom. The fourth-order valence-corrected chi connectivity index (χ4v) is 6.18. The normalized spacial score (nSPS) is 12.0. The Hall–Kier alpha value is -3.76. The smallest absolute Gasteiger partial charge is 0.247 e. The van der Waals surface area contributed by atoms with Crippen molar-refractivity contribution in [2.24, 2.45) is 0 Å². The summed E-state index contributed by atoms with van der Waals surface area (Å²) in [6.45, 7) is 2.13. The van der Waals surface area contributed by atoms with Gasteiger partial charge in [-0.05, 0) is 65.1 Å². The van der Waals surface area contributed by atoms with Gasteiger partial charge in [0, 0.05) is 36.1 Å². The number of carbonyl (C=O) groups is 2. The molecule has 0 heterocycles. The zero-order chi connectivity index (χ0) is 31.7. The maximum Gasteiger partial charge on any atom is 0.247 e. The maximum absolute atomic E-state index is 13.9. The minimum absolute atomic E-state index is 0.0418. The van der Waals surface area contributed by atoms with Gasteiger partial charge in [0.1, 0.15) is 11.9 Å². The Labute approximate surface area is 267 Å². The van der Waals surface area contributed by atoms with Crippen molar-refractivity contribution >= 4 is 45.0 Å². The molecule has 0 saturated heterocycles. The number of nitrogens with zero attached hydrogens (tertiary/aromatic N) is 1. The molecule has 0 bridgehead atoms. The van der Waals surface area contributed by atoms with E-state index in [0.29, 0.717) is 33.2 Å².